The largest absolute Gasteiger partial charge is 0.493 e. The lowest BCUT2D eigenvalue weighted by molar-refractivity contribution is -0.111. The molecule has 2 saturated heterocycles. The Morgan fingerprint density at radius 3 is 2.41 bits per heavy atom. The summed E-state index contributed by atoms with van der Waals surface area (Å²) in [5.41, 5.74) is 2.07. The Balaban J connectivity index is 1.21. The molecule has 1 unspecified atom stereocenters. The predicted molar refractivity (Wildman–Crippen MR) is 143 cm³/mol. The van der Waals surface area contributed by atoms with Gasteiger partial charge in [0.15, 0.2) is 0 Å². The van der Waals surface area contributed by atoms with Crippen LogP contribution in [0.1, 0.15) is 78.9 Å². The Bertz CT molecular complexity index is 1140. The Hall–Kier alpha value is -2.15. The van der Waals surface area contributed by atoms with Crippen LogP contribution in [-0.4, -0.2) is 54.3 Å². The molecule has 0 radical (unpaired) electrons. The molecule has 2 aromatic rings. The second-order valence-electron chi connectivity index (χ2n) is 10.7. The van der Waals surface area contributed by atoms with Crippen LogP contribution in [0, 0.1) is 11.7 Å². The van der Waals surface area contributed by atoms with Gasteiger partial charge in [0.05, 0.1) is 18.2 Å². The van der Waals surface area contributed by atoms with E-state index in [0.717, 1.165) is 62.6 Å². The zero-order valence-electron chi connectivity index (χ0n) is 21.1. The first-order valence-corrected chi connectivity index (χ1v) is 14.0. The third-order valence-corrected chi connectivity index (χ3v) is 8.54. The van der Waals surface area contributed by atoms with Crippen molar-refractivity contribution in [1.29, 1.82) is 0 Å². The smallest absolute Gasteiger partial charge is 0.257 e. The first-order valence-electron chi connectivity index (χ1n) is 13.3. The number of amides is 1. The number of carbonyl (C=O) groups is 2. The molecule has 2 aliphatic heterocycles. The molecule has 5 rings (SSSR count). The molecular weight excluding hydrogens is 514 g/mol. The summed E-state index contributed by atoms with van der Waals surface area (Å²) >= 11 is 12.4. The zero-order valence-corrected chi connectivity index (χ0v) is 22.6. The van der Waals surface area contributed by atoms with Crippen molar-refractivity contribution < 1.29 is 18.7 Å². The van der Waals surface area contributed by atoms with Crippen molar-refractivity contribution >= 4 is 35.4 Å². The number of piperidine rings is 1. The van der Waals surface area contributed by atoms with Gasteiger partial charge in [0.1, 0.15) is 17.9 Å². The fourth-order valence-corrected chi connectivity index (χ4v) is 6.20. The van der Waals surface area contributed by atoms with Crippen molar-refractivity contribution in [3.05, 3.63) is 62.9 Å². The number of hydrogen-bond acceptors (Lipinski definition) is 4. The fourth-order valence-electron chi connectivity index (χ4n) is 5.66. The van der Waals surface area contributed by atoms with Crippen molar-refractivity contribution in [2.75, 3.05) is 26.2 Å². The highest BCUT2D eigenvalue weighted by molar-refractivity contribution is 6.34. The minimum Gasteiger partial charge on any atom is -0.493 e. The molecule has 1 saturated carbocycles. The number of rotatable bonds is 8. The van der Waals surface area contributed by atoms with Crippen molar-refractivity contribution in [3.8, 4) is 5.75 Å². The number of ether oxygens (including phenoxy) is 1. The summed E-state index contributed by atoms with van der Waals surface area (Å²) in [6.07, 6.45) is 6.19. The second kappa shape index (κ2) is 11.3. The van der Waals surface area contributed by atoms with Crippen molar-refractivity contribution in [3.63, 3.8) is 0 Å². The standard InChI is InChI=1S/C29H33Cl2FN2O3/c1-18(21-11-22(30)13-23(31)12-21)33-9-6-19(7-10-33)17-37-28-15-27(32)26(14-25(28)20-4-5-20)29(36)34-8-2-3-24(34)16-35/h11-16,18-20,24H,2-10,17H2,1H3/t18?,24-/m0/s1. The minimum atomic E-state index is -0.579. The van der Waals surface area contributed by atoms with Crippen molar-refractivity contribution in [1.82, 2.24) is 9.80 Å². The fraction of sp³-hybridized carbons (Fsp3) is 0.517. The number of nitrogens with zero attached hydrogens (tertiary/aromatic N) is 2. The van der Waals surface area contributed by atoms with E-state index in [1.54, 1.807) is 12.1 Å². The summed E-state index contributed by atoms with van der Waals surface area (Å²) < 4.78 is 21.3. The lowest BCUT2D eigenvalue weighted by Crippen LogP contribution is -2.37. The van der Waals surface area contributed by atoms with Crippen molar-refractivity contribution in [2.45, 2.75) is 63.5 Å². The third-order valence-electron chi connectivity index (χ3n) is 8.10. The van der Waals surface area contributed by atoms with Gasteiger partial charge in [-0.15, -0.1) is 0 Å². The SMILES string of the molecule is CC(c1cc(Cl)cc(Cl)c1)N1CCC(COc2cc(F)c(C(=O)N3CCC[C@H]3C=O)cc2C2CC2)CC1. The van der Waals surface area contributed by atoms with E-state index in [0.29, 0.717) is 47.2 Å². The molecule has 1 amide bonds. The normalized spacial score (nSPS) is 21.7. The maximum atomic E-state index is 15.1. The summed E-state index contributed by atoms with van der Waals surface area (Å²) in [4.78, 5) is 28.3. The van der Waals surface area contributed by atoms with Crippen LogP contribution in [0.4, 0.5) is 4.39 Å². The van der Waals surface area contributed by atoms with E-state index in [1.807, 2.05) is 12.1 Å². The molecule has 2 atom stereocenters. The molecule has 198 valence electrons. The first kappa shape index (κ1) is 26.5. The van der Waals surface area contributed by atoms with Crippen LogP contribution in [-0.2, 0) is 4.79 Å². The Kier molecular flexibility index (Phi) is 8.08. The summed E-state index contributed by atoms with van der Waals surface area (Å²) in [6.45, 7) is 5.05. The maximum Gasteiger partial charge on any atom is 0.257 e. The molecular formula is C29H33Cl2FN2O3. The number of likely N-dealkylation sites (tertiary alicyclic amines) is 2. The highest BCUT2D eigenvalue weighted by Gasteiger charge is 2.34. The number of benzene rings is 2. The topological polar surface area (TPSA) is 49.9 Å². The molecule has 5 nitrogen and oxygen atoms in total. The third kappa shape index (κ3) is 5.97. The summed E-state index contributed by atoms with van der Waals surface area (Å²) in [7, 11) is 0. The zero-order chi connectivity index (χ0) is 26.1. The van der Waals surface area contributed by atoms with Crippen LogP contribution >= 0.6 is 23.2 Å². The Labute approximate surface area is 227 Å². The van der Waals surface area contributed by atoms with Crippen LogP contribution < -0.4 is 4.74 Å². The van der Waals surface area contributed by atoms with Gasteiger partial charge in [0.25, 0.3) is 5.91 Å². The van der Waals surface area contributed by atoms with Crippen LogP contribution in [0.2, 0.25) is 10.0 Å². The number of halogens is 3. The average molecular weight is 547 g/mol. The van der Waals surface area contributed by atoms with Gasteiger partial charge in [0, 0.05) is 28.7 Å². The summed E-state index contributed by atoms with van der Waals surface area (Å²) in [6, 6.07) is 8.50. The predicted octanol–water partition coefficient (Wildman–Crippen LogP) is 6.67. The quantitative estimate of drug-likeness (QED) is 0.347. The minimum absolute atomic E-state index is 0.0476. The van der Waals surface area contributed by atoms with Gasteiger partial charge < -0.3 is 14.4 Å². The average Bonchev–Trinajstić information content (AvgIpc) is 3.62. The molecule has 2 heterocycles. The van der Waals surface area contributed by atoms with E-state index >= 15 is 4.39 Å². The number of hydrogen-bond donors (Lipinski definition) is 0. The van der Waals surface area contributed by atoms with Gasteiger partial charge in [0.2, 0.25) is 0 Å². The number of aldehydes is 1. The van der Waals surface area contributed by atoms with Gasteiger partial charge in [-0.05, 0) is 106 Å². The molecule has 0 bridgehead atoms. The van der Waals surface area contributed by atoms with Gasteiger partial charge in [-0.1, -0.05) is 23.2 Å². The first-order chi connectivity index (χ1) is 17.8. The second-order valence-corrected chi connectivity index (χ2v) is 11.5. The monoisotopic (exact) mass is 546 g/mol. The van der Waals surface area contributed by atoms with Crippen LogP contribution in [0.5, 0.6) is 5.75 Å². The van der Waals surface area contributed by atoms with Crippen LogP contribution in [0.25, 0.3) is 0 Å². The summed E-state index contributed by atoms with van der Waals surface area (Å²) in [5, 5.41) is 1.29. The van der Waals surface area contributed by atoms with E-state index in [1.165, 1.54) is 11.0 Å². The molecule has 0 aromatic heterocycles. The molecule has 0 spiro atoms. The molecule has 3 fully saturated rings. The van der Waals surface area contributed by atoms with Gasteiger partial charge in [-0.2, -0.15) is 0 Å². The summed E-state index contributed by atoms with van der Waals surface area (Å²) in [5.74, 6) is 0.248. The Morgan fingerprint density at radius 1 is 1.05 bits per heavy atom. The highest BCUT2D eigenvalue weighted by Crippen LogP contribution is 2.45. The van der Waals surface area contributed by atoms with E-state index in [-0.39, 0.29) is 11.6 Å². The lowest BCUT2D eigenvalue weighted by atomic mass is 9.95. The molecule has 1 aliphatic carbocycles. The van der Waals surface area contributed by atoms with Crippen molar-refractivity contribution in [2.24, 2.45) is 5.92 Å². The van der Waals surface area contributed by atoms with E-state index in [4.69, 9.17) is 27.9 Å². The van der Waals surface area contributed by atoms with E-state index in [9.17, 15) is 9.59 Å². The van der Waals surface area contributed by atoms with E-state index < -0.39 is 17.8 Å². The van der Waals surface area contributed by atoms with Gasteiger partial charge in [-0.3, -0.25) is 9.69 Å². The molecule has 3 aliphatic rings. The maximum absolute atomic E-state index is 15.1. The highest BCUT2D eigenvalue weighted by atomic mass is 35.5. The van der Waals surface area contributed by atoms with E-state index in [2.05, 4.69) is 11.8 Å². The van der Waals surface area contributed by atoms with Crippen LogP contribution in [0.3, 0.4) is 0 Å². The molecule has 37 heavy (non-hydrogen) atoms. The number of carbonyl (C=O) groups excluding carboxylic acids is 2. The van der Waals surface area contributed by atoms with Gasteiger partial charge >= 0.3 is 0 Å². The Morgan fingerprint density at radius 2 is 1.76 bits per heavy atom. The molecule has 2 aromatic carbocycles. The van der Waals surface area contributed by atoms with Crippen LogP contribution in [0.15, 0.2) is 30.3 Å². The van der Waals surface area contributed by atoms with Gasteiger partial charge in [-0.25, -0.2) is 4.39 Å². The molecule has 8 heteroatoms. The molecule has 0 N–H and O–H groups in total. The lowest BCUT2D eigenvalue weighted by Gasteiger charge is -2.36.